The van der Waals surface area contributed by atoms with Crippen LogP contribution in [0.15, 0.2) is 47.8 Å². The van der Waals surface area contributed by atoms with Crippen molar-refractivity contribution in [2.75, 3.05) is 20.3 Å². The number of anilines is 4. The summed E-state index contributed by atoms with van der Waals surface area (Å²) in [7, 11) is 0. The fraction of sp³-hybridized carbons (Fsp3) is 0.190. The van der Waals surface area contributed by atoms with Crippen molar-refractivity contribution in [3.8, 4) is 0 Å². The zero-order valence-corrected chi connectivity index (χ0v) is 20.8. The van der Waals surface area contributed by atoms with Crippen LogP contribution in [0.4, 0.5) is 32.3 Å². The van der Waals surface area contributed by atoms with Crippen molar-refractivity contribution in [2.45, 2.75) is 26.4 Å². The molecule has 0 saturated heterocycles. The van der Waals surface area contributed by atoms with Gasteiger partial charge in [-0.1, -0.05) is 28.9 Å². The molecule has 4 amide bonds. The van der Waals surface area contributed by atoms with Crippen LogP contribution in [0.2, 0.25) is 5.02 Å². The van der Waals surface area contributed by atoms with Crippen molar-refractivity contribution in [2.24, 2.45) is 0 Å². The minimum Gasteiger partial charge on any atom is -0.444 e. The smallest absolute Gasteiger partial charge is 0.412 e. The SMILES string of the molecule is CC(C)(C)OC(=O)Nc1cc(Cl)cc(N(S)C(=O)Nc2ccc(NC(=O)c3csnn3)cc2)c1. The summed E-state index contributed by atoms with van der Waals surface area (Å²) in [6.07, 6.45) is -0.658. The van der Waals surface area contributed by atoms with E-state index in [1.54, 1.807) is 45.0 Å². The Morgan fingerprint density at radius 1 is 1.00 bits per heavy atom. The molecule has 3 rings (SSSR count). The van der Waals surface area contributed by atoms with Crippen molar-refractivity contribution in [1.29, 1.82) is 0 Å². The van der Waals surface area contributed by atoms with Crippen LogP contribution in [0.25, 0.3) is 0 Å². The van der Waals surface area contributed by atoms with Crippen LogP contribution in [0.1, 0.15) is 31.3 Å². The third-order valence-corrected chi connectivity index (χ3v) is 5.09. The Kier molecular flexibility index (Phi) is 7.97. The first-order valence-corrected chi connectivity index (χ1v) is 11.4. The second kappa shape index (κ2) is 10.7. The second-order valence-electron chi connectivity index (χ2n) is 7.89. The number of rotatable bonds is 5. The molecule has 0 atom stereocenters. The van der Waals surface area contributed by atoms with Crippen LogP contribution >= 0.6 is 35.9 Å². The van der Waals surface area contributed by atoms with Crippen LogP contribution in [-0.4, -0.2) is 33.2 Å². The van der Waals surface area contributed by atoms with Crippen LogP contribution in [0, 0.1) is 0 Å². The summed E-state index contributed by atoms with van der Waals surface area (Å²) in [6, 6.07) is 10.5. The molecular formula is C21H21ClN6O4S2. The van der Waals surface area contributed by atoms with E-state index in [1.165, 1.54) is 23.6 Å². The van der Waals surface area contributed by atoms with E-state index in [1.807, 2.05) is 0 Å². The quantitative estimate of drug-likeness (QED) is 0.321. The molecular weight excluding hydrogens is 500 g/mol. The number of nitrogens with zero attached hydrogens (tertiary/aromatic N) is 3. The average molecular weight is 521 g/mol. The summed E-state index contributed by atoms with van der Waals surface area (Å²) >= 11 is 11.5. The fourth-order valence-electron chi connectivity index (χ4n) is 2.58. The zero-order valence-electron chi connectivity index (χ0n) is 18.3. The molecule has 178 valence electrons. The van der Waals surface area contributed by atoms with Gasteiger partial charge in [-0.15, -0.1) is 5.10 Å². The van der Waals surface area contributed by atoms with Crippen LogP contribution in [0.3, 0.4) is 0 Å². The van der Waals surface area contributed by atoms with Crippen LogP contribution in [-0.2, 0) is 4.74 Å². The normalized spacial score (nSPS) is 10.9. The summed E-state index contributed by atoms with van der Waals surface area (Å²) in [5.41, 5.74) is 1.18. The summed E-state index contributed by atoms with van der Waals surface area (Å²) in [5, 5.41) is 13.5. The predicted octanol–water partition coefficient (Wildman–Crippen LogP) is 5.67. The molecule has 1 heterocycles. The van der Waals surface area contributed by atoms with E-state index < -0.39 is 17.7 Å². The lowest BCUT2D eigenvalue weighted by atomic mass is 10.2. The average Bonchev–Trinajstić information content (AvgIpc) is 3.28. The molecule has 10 nitrogen and oxygen atoms in total. The van der Waals surface area contributed by atoms with Gasteiger partial charge in [-0.3, -0.25) is 10.1 Å². The number of aromatic nitrogens is 2. The Bertz CT molecular complexity index is 1180. The fourth-order valence-corrected chi connectivity index (χ4v) is 3.41. The van der Waals surface area contributed by atoms with Gasteiger partial charge < -0.3 is 15.4 Å². The highest BCUT2D eigenvalue weighted by molar-refractivity contribution is 7.82. The summed E-state index contributed by atoms with van der Waals surface area (Å²) in [6.45, 7) is 5.23. The van der Waals surface area contributed by atoms with Crippen LogP contribution in [0.5, 0.6) is 0 Å². The molecule has 0 radical (unpaired) electrons. The lowest BCUT2D eigenvalue weighted by Crippen LogP contribution is -2.28. The highest BCUT2D eigenvalue weighted by Crippen LogP contribution is 2.28. The van der Waals surface area contributed by atoms with Crippen molar-refractivity contribution in [1.82, 2.24) is 9.59 Å². The molecule has 3 N–H and O–H groups in total. The third kappa shape index (κ3) is 7.33. The molecule has 0 aliphatic rings. The highest BCUT2D eigenvalue weighted by atomic mass is 35.5. The van der Waals surface area contributed by atoms with Gasteiger partial charge in [-0.05, 0) is 74.8 Å². The summed E-state index contributed by atoms with van der Waals surface area (Å²) in [5.74, 6) is -0.385. The number of halogens is 1. The number of carbonyl (C=O) groups is 3. The van der Waals surface area contributed by atoms with Crippen molar-refractivity contribution < 1.29 is 19.1 Å². The molecule has 3 aromatic rings. The number of carbonyl (C=O) groups excluding carboxylic acids is 3. The third-order valence-electron chi connectivity index (χ3n) is 3.95. The minimum atomic E-state index is -0.669. The van der Waals surface area contributed by atoms with Crippen molar-refractivity contribution >= 4 is 76.7 Å². The molecule has 34 heavy (non-hydrogen) atoms. The molecule has 1 aromatic heterocycles. The predicted molar refractivity (Wildman–Crippen MR) is 136 cm³/mol. The Morgan fingerprint density at radius 3 is 2.24 bits per heavy atom. The number of benzene rings is 2. The number of urea groups is 1. The largest absolute Gasteiger partial charge is 0.444 e. The van der Waals surface area contributed by atoms with Gasteiger partial charge in [0.1, 0.15) is 5.60 Å². The lowest BCUT2D eigenvalue weighted by molar-refractivity contribution is 0.0635. The van der Waals surface area contributed by atoms with Gasteiger partial charge in [0.15, 0.2) is 5.69 Å². The monoisotopic (exact) mass is 520 g/mol. The molecule has 0 aliphatic heterocycles. The van der Waals surface area contributed by atoms with Crippen LogP contribution < -0.4 is 20.3 Å². The molecule has 0 aliphatic carbocycles. The Balaban J connectivity index is 1.63. The van der Waals surface area contributed by atoms with Crippen molar-refractivity contribution in [3.63, 3.8) is 0 Å². The number of nitrogens with one attached hydrogen (secondary N) is 3. The van der Waals surface area contributed by atoms with Gasteiger partial charge in [-0.2, -0.15) is 0 Å². The Morgan fingerprint density at radius 2 is 1.65 bits per heavy atom. The first kappa shape index (κ1) is 25.3. The summed E-state index contributed by atoms with van der Waals surface area (Å²) in [4.78, 5) is 36.7. The van der Waals surface area contributed by atoms with Gasteiger partial charge in [0.2, 0.25) is 0 Å². The molecule has 0 unspecified atom stereocenters. The van der Waals surface area contributed by atoms with E-state index in [0.717, 1.165) is 15.8 Å². The first-order chi connectivity index (χ1) is 16.0. The Labute approximate surface area is 210 Å². The van der Waals surface area contributed by atoms with Gasteiger partial charge in [0, 0.05) is 27.5 Å². The number of hydrogen-bond acceptors (Lipinski definition) is 8. The van der Waals surface area contributed by atoms with Gasteiger partial charge in [0.25, 0.3) is 5.91 Å². The highest BCUT2D eigenvalue weighted by Gasteiger charge is 2.18. The first-order valence-electron chi connectivity index (χ1n) is 9.79. The van der Waals surface area contributed by atoms with E-state index in [0.29, 0.717) is 22.7 Å². The lowest BCUT2D eigenvalue weighted by Gasteiger charge is -2.21. The number of amides is 4. The molecule has 0 saturated carbocycles. The van der Waals surface area contributed by atoms with Gasteiger partial charge >= 0.3 is 12.1 Å². The summed E-state index contributed by atoms with van der Waals surface area (Å²) < 4.78 is 9.91. The van der Waals surface area contributed by atoms with E-state index in [-0.39, 0.29) is 16.6 Å². The topological polar surface area (TPSA) is 126 Å². The molecule has 0 bridgehead atoms. The molecule has 0 spiro atoms. The molecule has 2 aromatic carbocycles. The number of hydrogen-bond donors (Lipinski definition) is 4. The molecule has 0 fully saturated rings. The molecule has 13 heteroatoms. The minimum absolute atomic E-state index is 0.218. The Hall–Kier alpha value is -3.35. The van der Waals surface area contributed by atoms with E-state index >= 15 is 0 Å². The van der Waals surface area contributed by atoms with E-state index in [4.69, 9.17) is 16.3 Å². The maximum Gasteiger partial charge on any atom is 0.412 e. The maximum absolute atomic E-state index is 12.7. The van der Waals surface area contributed by atoms with E-state index in [2.05, 4.69) is 38.4 Å². The van der Waals surface area contributed by atoms with Crippen molar-refractivity contribution in [3.05, 3.63) is 58.6 Å². The standard InChI is InChI=1S/C21H21ClN6O4S2/c1-21(2,3)32-20(31)25-15-8-12(22)9-16(10-15)28(33)19(30)24-14-6-4-13(5-7-14)23-18(29)17-11-34-27-26-17/h4-11,33H,1-3H3,(H,23,29)(H,24,30)(H,25,31). The number of thiol groups is 1. The maximum atomic E-state index is 12.7. The van der Waals surface area contributed by atoms with E-state index in [9.17, 15) is 14.4 Å². The van der Waals surface area contributed by atoms with Gasteiger partial charge in [-0.25, -0.2) is 13.9 Å². The second-order valence-corrected chi connectivity index (χ2v) is 9.33. The number of ether oxygens (including phenoxy) is 1. The van der Waals surface area contributed by atoms with Gasteiger partial charge in [0.05, 0.1) is 5.69 Å². The zero-order chi connectivity index (χ0) is 24.9.